The molecule has 124 valence electrons. The van der Waals surface area contributed by atoms with Gasteiger partial charge in [0.25, 0.3) is 0 Å². The number of nitrogens with zero attached hydrogens (tertiary/aromatic N) is 3. The largest absolute Gasteiger partial charge is 0.361 e. The van der Waals surface area contributed by atoms with Gasteiger partial charge in [-0.2, -0.15) is 0 Å². The predicted octanol–water partition coefficient (Wildman–Crippen LogP) is 1.62. The lowest BCUT2D eigenvalue weighted by Crippen LogP contribution is -2.40. The third-order valence-electron chi connectivity index (χ3n) is 4.66. The molecule has 0 atom stereocenters. The number of hydrogen-bond donors (Lipinski definition) is 0. The average Bonchev–Trinajstić information content (AvgIpc) is 3.26. The zero-order valence-corrected chi connectivity index (χ0v) is 14.2. The predicted molar refractivity (Wildman–Crippen MR) is 83.8 cm³/mol. The first-order valence-corrected chi connectivity index (χ1v) is 9.55. The molecule has 0 spiro atoms. The van der Waals surface area contributed by atoms with Crippen LogP contribution in [0.3, 0.4) is 0 Å². The van der Waals surface area contributed by atoms with Crippen LogP contribution >= 0.6 is 0 Å². The first kappa shape index (κ1) is 16.0. The average molecular weight is 327 g/mol. The second-order valence-corrected chi connectivity index (χ2v) is 8.99. The minimum Gasteiger partial charge on any atom is -0.361 e. The van der Waals surface area contributed by atoms with Gasteiger partial charge in [-0.3, -0.25) is 4.90 Å². The highest BCUT2D eigenvalue weighted by atomic mass is 32.2. The molecule has 2 fully saturated rings. The molecule has 0 unspecified atom stereocenters. The molecule has 1 aromatic rings. The quantitative estimate of drug-likeness (QED) is 0.794. The standard InChI is InChI=1S/C15H25N3O3S/c1-12-9-14(16-21-12)11-18-7-5-13(6-8-18)10-17(2)22(19,20)15-3-4-15/h9,13,15H,3-8,10-11H2,1-2H3. The summed E-state index contributed by atoms with van der Waals surface area (Å²) in [6, 6.07) is 1.97. The molecule has 3 rings (SSSR count). The number of sulfonamides is 1. The molecule has 2 heterocycles. The van der Waals surface area contributed by atoms with Crippen LogP contribution in [-0.4, -0.2) is 54.7 Å². The van der Waals surface area contributed by atoms with Crippen LogP contribution in [0.2, 0.25) is 0 Å². The van der Waals surface area contributed by atoms with Crippen LogP contribution in [0.1, 0.15) is 37.1 Å². The van der Waals surface area contributed by atoms with Crippen molar-refractivity contribution in [2.75, 3.05) is 26.7 Å². The van der Waals surface area contributed by atoms with Crippen LogP contribution in [0.5, 0.6) is 0 Å². The van der Waals surface area contributed by atoms with Crippen LogP contribution in [0.15, 0.2) is 10.6 Å². The fourth-order valence-electron chi connectivity index (χ4n) is 3.14. The van der Waals surface area contributed by atoms with Gasteiger partial charge < -0.3 is 4.52 Å². The smallest absolute Gasteiger partial charge is 0.216 e. The van der Waals surface area contributed by atoms with Crippen molar-refractivity contribution in [1.82, 2.24) is 14.4 Å². The summed E-state index contributed by atoms with van der Waals surface area (Å²) in [5, 5.41) is 3.93. The van der Waals surface area contributed by atoms with E-state index in [1.807, 2.05) is 13.0 Å². The first-order valence-electron chi connectivity index (χ1n) is 8.05. The fourth-order valence-corrected chi connectivity index (χ4v) is 4.80. The van der Waals surface area contributed by atoms with Gasteiger partial charge in [0.2, 0.25) is 10.0 Å². The van der Waals surface area contributed by atoms with Gasteiger partial charge >= 0.3 is 0 Å². The maximum absolute atomic E-state index is 12.2. The first-order chi connectivity index (χ1) is 10.4. The topological polar surface area (TPSA) is 66.7 Å². The second kappa shape index (κ2) is 6.29. The number of likely N-dealkylation sites (tertiary alicyclic amines) is 1. The molecule has 1 aromatic heterocycles. The van der Waals surface area contributed by atoms with Gasteiger partial charge in [0.15, 0.2) is 0 Å². The van der Waals surface area contributed by atoms with E-state index in [9.17, 15) is 8.42 Å². The van der Waals surface area contributed by atoms with Gasteiger partial charge in [0.1, 0.15) is 5.76 Å². The van der Waals surface area contributed by atoms with Crippen molar-refractivity contribution in [3.8, 4) is 0 Å². The van der Waals surface area contributed by atoms with Crippen molar-refractivity contribution in [3.63, 3.8) is 0 Å². The zero-order valence-electron chi connectivity index (χ0n) is 13.4. The van der Waals surface area contributed by atoms with Crippen molar-refractivity contribution in [1.29, 1.82) is 0 Å². The van der Waals surface area contributed by atoms with Crippen LogP contribution in [0, 0.1) is 12.8 Å². The van der Waals surface area contributed by atoms with Crippen LogP contribution < -0.4 is 0 Å². The lowest BCUT2D eigenvalue weighted by molar-refractivity contribution is 0.163. The molecule has 2 aliphatic rings. The Bertz CT molecular complexity index is 601. The van der Waals surface area contributed by atoms with Gasteiger partial charge in [-0.25, -0.2) is 12.7 Å². The summed E-state index contributed by atoms with van der Waals surface area (Å²) >= 11 is 0. The van der Waals surface area contributed by atoms with E-state index in [1.165, 1.54) is 0 Å². The molecule has 0 amide bonds. The molecule has 1 saturated carbocycles. The van der Waals surface area contributed by atoms with Crippen molar-refractivity contribution < 1.29 is 12.9 Å². The van der Waals surface area contributed by atoms with E-state index < -0.39 is 10.0 Å². The molecular formula is C15H25N3O3S. The Labute approximate surface area is 132 Å². The van der Waals surface area contributed by atoms with Gasteiger partial charge in [0.05, 0.1) is 10.9 Å². The van der Waals surface area contributed by atoms with Crippen molar-refractivity contribution in [3.05, 3.63) is 17.5 Å². The Morgan fingerprint density at radius 2 is 2.00 bits per heavy atom. The molecule has 1 aliphatic heterocycles. The van der Waals surface area contributed by atoms with E-state index >= 15 is 0 Å². The third kappa shape index (κ3) is 3.70. The molecular weight excluding hydrogens is 302 g/mol. The second-order valence-electron chi connectivity index (χ2n) is 6.67. The summed E-state index contributed by atoms with van der Waals surface area (Å²) in [5.41, 5.74) is 0.976. The number of hydrogen-bond acceptors (Lipinski definition) is 5. The monoisotopic (exact) mass is 327 g/mol. The molecule has 6 nitrogen and oxygen atoms in total. The van der Waals surface area contributed by atoms with E-state index in [4.69, 9.17) is 4.52 Å². The summed E-state index contributed by atoms with van der Waals surface area (Å²) in [7, 11) is -1.29. The van der Waals surface area contributed by atoms with E-state index in [1.54, 1.807) is 11.4 Å². The molecule has 1 saturated heterocycles. The molecule has 22 heavy (non-hydrogen) atoms. The Morgan fingerprint density at radius 3 is 2.55 bits per heavy atom. The Balaban J connectivity index is 1.45. The molecule has 0 bridgehead atoms. The minimum absolute atomic E-state index is 0.104. The van der Waals surface area contributed by atoms with Crippen molar-refractivity contribution >= 4 is 10.0 Å². The number of rotatable bonds is 6. The van der Waals surface area contributed by atoms with Crippen molar-refractivity contribution in [2.45, 2.75) is 44.4 Å². The summed E-state index contributed by atoms with van der Waals surface area (Å²) in [4.78, 5) is 2.36. The van der Waals surface area contributed by atoms with Crippen molar-refractivity contribution in [2.24, 2.45) is 5.92 Å². The minimum atomic E-state index is -3.03. The lowest BCUT2D eigenvalue weighted by atomic mass is 9.97. The summed E-state index contributed by atoms with van der Waals surface area (Å²) in [6.45, 7) is 5.37. The van der Waals surface area contributed by atoms with Gasteiger partial charge in [-0.05, 0) is 51.6 Å². The van der Waals surface area contributed by atoms with Crippen LogP contribution in [0.4, 0.5) is 0 Å². The zero-order chi connectivity index (χ0) is 15.7. The Hall–Kier alpha value is -0.920. The number of piperidine rings is 1. The number of aromatic nitrogens is 1. The fraction of sp³-hybridized carbons (Fsp3) is 0.800. The Kier molecular flexibility index (Phi) is 4.56. The Morgan fingerprint density at radius 1 is 1.32 bits per heavy atom. The number of aryl methyl sites for hydroxylation is 1. The van der Waals surface area contributed by atoms with Gasteiger partial charge in [-0.15, -0.1) is 0 Å². The molecule has 0 aromatic carbocycles. The highest BCUT2D eigenvalue weighted by molar-refractivity contribution is 7.90. The normalized spacial score (nSPS) is 21.6. The molecule has 0 radical (unpaired) electrons. The summed E-state index contributed by atoms with van der Waals surface area (Å²) in [6.07, 6.45) is 3.76. The van der Waals surface area contributed by atoms with Crippen LogP contribution in [0.25, 0.3) is 0 Å². The van der Waals surface area contributed by atoms with Gasteiger partial charge in [0, 0.05) is 26.2 Å². The lowest BCUT2D eigenvalue weighted by Gasteiger charge is -2.33. The summed E-state index contributed by atoms with van der Waals surface area (Å²) in [5.74, 6) is 1.31. The highest BCUT2D eigenvalue weighted by Crippen LogP contribution is 2.31. The third-order valence-corrected chi connectivity index (χ3v) is 7.00. The van der Waals surface area contributed by atoms with E-state index in [2.05, 4.69) is 10.1 Å². The summed E-state index contributed by atoms with van der Waals surface area (Å²) < 4.78 is 31.0. The van der Waals surface area contributed by atoms with Crippen LogP contribution in [-0.2, 0) is 16.6 Å². The SMILES string of the molecule is Cc1cc(CN2CCC(CN(C)S(=O)(=O)C3CC3)CC2)no1. The maximum Gasteiger partial charge on any atom is 0.216 e. The highest BCUT2D eigenvalue weighted by Gasteiger charge is 2.39. The molecule has 1 aliphatic carbocycles. The van der Waals surface area contributed by atoms with E-state index in [0.29, 0.717) is 12.5 Å². The van der Waals surface area contributed by atoms with Gasteiger partial charge in [-0.1, -0.05) is 5.16 Å². The molecule has 0 N–H and O–H groups in total. The van der Waals surface area contributed by atoms with E-state index in [0.717, 1.165) is 56.8 Å². The molecule has 7 heteroatoms. The maximum atomic E-state index is 12.2. The van der Waals surface area contributed by atoms with E-state index in [-0.39, 0.29) is 5.25 Å².